The number of carbonyl (C=O) groups is 3. The van der Waals surface area contributed by atoms with Crippen molar-refractivity contribution in [2.75, 3.05) is 19.8 Å². The standard InChI is InChI=1S/C22H30N2O7/c1-3-5-6-11-31-23-15-12-16(25)20(27)18-13(15)7-8-14-19(18)22(29)24(21(14)28)10-9-17(26)30-4-2/h1,13-14,16,18-20,25,27H,4-12H2,2H3/b23-15+/t13-,14+,16+,18-,19+,20+/m0/s1. The number of oxime groups is 1. The number of hydrogen-bond donors (Lipinski definition) is 2. The molecule has 2 aliphatic carbocycles. The first-order valence-electron chi connectivity index (χ1n) is 10.9. The third-order valence-electron chi connectivity index (χ3n) is 6.45. The summed E-state index contributed by atoms with van der Waals surface area (Å²) in [4.78, 5) is 44.2. The summed E-state index contributed by atoms with van der Waals surface area (Å²) in [6.07, 6.45) is 5.34. The summed E-state index contributed by atoms with van der Waals surface area (Å²) < 4.78 is 4.88. The number of aliphatic hydroxyl groups is 2. The van der Waals surface area contributed by atoms with Crippen molar-refractivity contribution in [3.05, 3.63) is 0 Å². The van der Waals surface area contributed by atoms with Gasteiger partial charge in [-0.25, -0.2) is 0 Å². The molecule has 1 aliphatic heterocycles. The van der Waals surface area contributed by atoms with Gasteiger partial charge < -0.3 is 19.8 Å². The van der Waals surface area contributed by atoms with E-state index in [1.807, 2.05) is 0 Å². The highest BCUT2D eigenvalue weighted by atomic mass is 16.6. The molecule has 0 aromatic carbocycles. The van der Waals surface area contributed by atoms with E-state index in [1.165, 1.54) is 0 Å². The van der Waals surface area contributed by atoms with Gasteiger partial charge in [0, 0.05) is 31.2 Å². The van der Waals surface area contributed by atoms with Crippen LogP contribution in [0, 0.1) is 36.0 Å². The van der Waals surface area contributed by atoms with Crippen molar-refractivity contribution in [2.45, 2.75) is 57.7 Å². The van der Waals surface area contributed by atoms with Crippen LogP contribution in [0.25, 0.3) is 0 Å². The molecule has 31 heavy (non-hydrogen) atoms. The summed E-state index contributed by atoms with van der Waals surface area (Å²) >= 11 is 0. The number of hydrogen-bond acceptors (Lipinski definition) is 8. The Labute approximate surface area is 181 Å². The lowest BCUT2D eigenvalue weighted by atomic mass is 9.60. The Hall–Kier alpha value is -2.44. The van der Waals surface area contributed by atoms with Gasteiger partial charge in [-0.3, -0.25) is 19.3 Å². The summed E-state index contributed by atoms with van der Waals surface area (Å²) in [6.45, 7) is 2.22. The summed E-state index contributed by atoms with van der Waals surface area (Å²) in [7, 11) is 0. The van der Waals surface area contributed by atoms with E-state index in [9.17, 15) is 24.6 Å². The van der Waals surface area contributed by atoms with E-state index >= 15 is 0 Å². The quantitative estimate of drug-likeness (QED) is 0.187. The van der Waals surface area contributed by atoms with Gasteiger partial charge in [-0.2, -0.15) is 0 Å². The van der Waals surface area contributed by atoms with Crippen LogP contribution in [0.5, 0.6) is 0 Å². The fourth-order valence-electron chi connectivity index (χ4n) is 5.06. The first-order valence-corrected chi connectivity index (χ1v) is 10.9. The molecule has 1 heterocycles. The topological polar surface area (TPSA) is 126 Å². The maximum atomic E-state index is 13.1. The molecule has 0 aromatic heterocycles. The molecule has 2 N–H and O–H groups in total. The molecule has 0 aromatic rings. The SMILES string of the molecule is C#CCCCO/N=C1\C[C@@H](O)[C@@H](O)[C@@H]2[C@@H]3C(=O)N(CCC(=O)OCC)C(=O)[C@@H]3CC[C@@H]12. The van der Waals surface area contributed by atoms with Crippen molar-refractivity contribution < 1.29 is 34.2 Å². The Kier molecular flexibility index (Phi) is 7.68. The van der Waals surface area contributed by atoms with E-state index < -0.39 is 41.8 Å². The Morgan fingerprint density at radius 3 is 2.71 bits per heavy atom. The number of fused-ring (bicyclic) bond motifs is 3. The average molecular weight is 434 g/mol. The van der Waals surface area contributed by atoms with E-state index in [0.29, 0.717) is 38.0 Å². The lowest BCUT2D eigenvalue weighted by Gasteiger charge is -2.45. The zero-order valence-electron chi connectivity index (χ0n) is 17.7. The molecule has 0 unspecified atom stereocenters. The number of amides is 2. The lowest BCUT2D eigenvalue weighted by molar-refractivity contribution is -0.145. The van der Waals surface area contributed by atoms with Gasteiger partial charge in [-0.05, 0) is 26.2 Å². The second-order valence-electron chi connectivity index (χ2n) is 8.26. The van der Waals surface area contributed by atoms with Crippen LogP contribution < -0.4 is 0 Å². The predicted molar refractivity (Wildman–Crippen MR) is 109 cm³/mol. The van der Waals surface area contributed by atoms with Crippen LogP contribution in [0.1, 0.15) is 45.4 Å². The summed E-state index contributed by atoms with van der Waals surface area (Å²) in [6, 6.07) is 0. The number of ether oxygens (including phenoxy) is 1. The molecule has 0 spiro atoms. The molecule has 170 valence electrons. The van der Waals surface area contributed by atoms with Gasteiger partial charge in [0.25, 0.3) is 0 Å². The molecular formula is C22H30N2O7. The number of terminal acetylenes is 1. The van der Waals surface area contributed by atoms with E-state index in [0.717, 1.165) is 4.90 Å². The minimum Gasteiger partial charge on any atom is -0.466 e. The highest BCUT2D eigenvalue weighted by Crippen LogP contribution is 2.49. The van der Waals surface area contributed by atoms with Gasteiger partial charge in [0.1, 0.15) is 6.61 Å². The van der Waals surface area contributed by atoms with Crippen LogP contribution in [0.4, 0.5) is 0 Å². The first kappa shape index (κ1) is 23.2. The van der Waals surface area contributed by atoms with Crippen molar-refractivity contribution in [1.29, 1.82) is 0 Å². The fourth-order valence-corrected chi connectivity index (χ4v) is 5.06. The van der Waals surface area contributed by atoms with Crippen molar-refractivity contribution >= 4 is 23.5 Å². The minimum atomic E-state index is -1.14. The fraction of sp³-hybridized carbons (Fsp3) is 0.727. The van der Waals surface area contributed by atoms with Crippen LogP contribution in [0.15, 0.2) is 5.16 Å². The third-order valence-corrected chi connectivity index (χ3v) is 6.45. The number of imide groups is 1. The monoisotopic (exact) mass is 434 g/mol. The van der Waals surface area contributed by atoms with Crippen molar-refractivity contribution in [2.24, 2.45) is 28.8 Å². The Bertz CT molecular complexity index is 774. The molecule has 1 saturated heterocycles. The summed E-state index contributed by atoms with van der Waals surface area (Å²) in [5.41, 5.74) is 0.604. The maximum absolute atomic E-state index is 13.1. The molecule has 0 bridgehead atoms. The third kappa shape index (κ3) is 4.75. The van der Waals surface area contributed by atoms with Crippen LogP contribution >= 0.6 is 0 Å². The van der Waals surface area contributed by atoms with Gasteiger partial charge in [0.2, 0.25) is 11.8 Å². The average Bonchev–Trinajstić information content (AvgIpc) is 2.99. The smallest absolute Gasteiger partial charge is 0.307 e. The van der Waals surface area contributed by atoms with Gasteiger partial charge in [0.05, 0.1) is 42.8 Å². The zero-order valence-corrected chi connectivity index (χ0v) is 17.7. The van der Waals surface area contributed by atoms with E-state index in [-0.39, 0.29) is 37.8 Å². The predicted octanol–water partition coefficient (Wildman–Crippen LogP) is 0.479. The second kappa shape index (κ2) is 10.2. The molecule has 2 amide bonds. The normalized spacial score (nSPS) is 33.6. The van der Waals surface area contributed by atoms with Gasteiger partial charge in [0.15, 0.2) is 0 Å². The molecule has 3 fully saturated rings. The number of esters is 1. The van der Waals surface area contributed by atoms with Crippen LogP contribution in [0.2, 0.25) is 0 Å². The molecular weight excluding hydrogens is 404 g/mol. The van der Waals surface area contributed by atoms with Crippen LogP contribution in [-0.2, 0) is 24.0 Å². The maximum Gasteiger partial charge on any atom is 0.307 e. The Morgan fingerprint density at radius 2 is 2.00 bits per heavy atom. The number of likely N-dealkylation sites (tertiary alicyclic amines) is 1. The van der Waals surface area contributed by atoms with Crippen LogP contribution in [0.3, 0.4) is 0 Å². The highest BCUT2D eigenvalue weighted by molar-refractivity contribution is 6.06. The Morgan fingerprint density at radius 1 is 1.26 bits per heavy atom. The molecule has 9 heteroatoms. The van der Waals surface area contributed by atoms with Crippen molar-refractivity contribution in [3.8, 4) is 12.3 Å². The van der Waals surface area contributed by atoms with Crippen LogP contribution in [-0.4, -0.2) is 70.6 Å². The highest BCUT2D eigenvalue weighted by Gasteiger charge is 2.59. The van der Waals surface area contributed by atoms with Gasteiger partial charge >= 0.3 is 5.97 Å². The molecule has 0 radical (unpaired) electrons. The van der Waals surface area contributed by atoms with Gasteiger partial charge in [-0.15, -0.1) is 12.3 Å². The number of aliphatic hydroxyl groups excluding tert-OH is 2. The zero-order chi connectivity index (χ0) is 22.5. The first-order chi connectivity index (χ1) is 14.9. The van der Waals surface area contributed by atoms with E-state index in [2.05, 4.69) is 11.1 Å². The molecule has 3 rings (SSSR count). The molecule has 3 aliphatic rings. The summed E-state index contributed by atoms with van der Waals surface area (Å²) in [5, 5.41) is 25.3. The largest absolute Gasteiger partial charge is 0.466 e. The Balaban J connectivity index is 1.75. The van der Waals surface area contributed by atoms with E-state index in [4.69, 9.17) is 16.0 Å². The van der Waals surface area contributed by atoms with Crippen molar-refractivity contribution in [1.82, 2.24) is 4.90 Å². The number of unbranched alkanes of at least 4 members (excludes halogenated alkanes) is 1. The van der Waals surface area contributed by atoms with Crippen molar-refractivity contribution in [3.63, 3.8) is 0 Å². The second-order valence-corrected chi connectivity index (χ2v) is 8.26. The number of carbonyl (C=O) groups excluding carboxylic acids is 3. The minimum absolute atomic E-state index is 0.0429. The van der Waals surface area contributed by atoms with Gasteiger partial charge in [-0.1, -0.05) is 5.16 Å². The molecule has 2 saturated carbocycles. The van der Waals surface area contributed by atoms with E-state index in [1.54, 1.807) is 6.92 Å². The lowest BCUT2D eigenvalue weighted by Crippen LogP contribution is -2.54. The number of nitrogens with zero attached hydrogens (tertiary/aromatic N) is 2. The molecule has 6 atom stereocenters. The molecule has 9 nitrogen and oxygen atoms in total. The number of rotatable bonds is 8. The summed E-state index contributed by atoms with van der Waals surface area (Å²) in [5.74, 6) is -0.868.